The molecule has 1 aliphatic rings. The van der Waals surface area contributed by atoms with E-state index in [0.717, 1.165) is 0 Å². The zero-order chi connectivity index (χ0) is 11.7. The molecule has 2 rings (SSSR count). The largest absolute Gasteiger partial charge is 0.296 e. The van der Waals surface area contributed by atoms with E-state index < -0.39 is 0 Å². The summed E-state index contributed by atoms with van der Waals surface area (Å²) in [5.74, 6) is 0.0908. The molecule has 86 valence electrons. The van der Waals surface area contributed by atoms with Gasteiger partial charge in [0.05, 0.1) is 0 Å². The number of nitrogens with one attached hydrogen (secondary N) is 5. The molecule has 0 aromatic carbocycles. The molecule has 0 bridgehead atoms. The molecule has 1 aromatic rings. The fourth-order valence-electron chi connectivity index (χ4n) is 1.15. The van der Waals surface area contributed by atoms with Crippen LogP contribution in [-0.2, 0) is 4.79 Å². The van der Waals surface area contributed by atoms with Gasteiger partial charge in [-0.15, -0.1) is 5.53 Å². The van der Waals surface area contributed by atoms with E-state index in [1.165, 1.54) is 0 Å². The Bertz CT molecular complexity index is 480. The molecule has 8 nitrogen and oxygen atoms in total. The minimum absolute atomic E-state index is 0.125. The van der Waals surface area contributed by atoms with Gasteiger partial charge in [-0.1, -0.05) is 13.8 Å². The Kier molecular flexibility index (Phi) is 2.49. The average molecular weight is 224 g/mol. The highest BCUT2D eigenvalue weighted by atomic mass is 16.2. The normalized spacial score (nSPS) is 12.9. The lowest BCUT2D eigenvalue weighted by Gasteiger charge is -2.06. The number of aromatic amines is 1. The molecule has 2 heterocycles. The van der Waals surface area contributed by atoms with Gasteiger partial charge in [-0.3, -0.25) is 30.7 Å². The molecule has 0 radical (unpaired) electrons. The van der Waals surface area contributed by atoms with Crippen molar-refractivity contribution in [3.8, 4) is 0 Å². The molecule has 0 saturated heterocycles. The average Bonchev–Trinajstić information content (AvgIpc) is 2.65. The number of H-pyrrole nitrogens is 1. The van der Waals surface area contributed by atoms with Gasteiger partial charge < -0.3 is 0 Å². The molecular formula is C8H12N6O2. The summed E-state index contributed by atoms with van der Waals surface area (Å²) in [7, 11) is 0. The summed E-state index contributed by atoms with van der Waals surface area (Å²) in [6, 6.07) is 0. The number of rotatable bonds is 2. The summed E-state index contributed by atoms with van der Waals surface area (Å²) in [6.45, 7) is 3.50. The lowest BCUT2D eigenvalue weighted by molar-refractivity contribution is -0.118. The first kappa shape index (κ1) is 10.4. The van der Waals surface area contributed by atoms with Gasteiger partial charge in [-0.2, -0.15) is 4.98 Å². The maximum atomic E-state index is 11.5. The van der Waals surface area contributed by atoms with E-state index in [4.69, 9.17) is 0 Å². The number of aromatic nitrogens is 2. The number of nitrogens with zero attached hydrogens (tertiary/aromatic N) is 1. The highest BCUT2D eigenvalue weighted by Gasteiger charge is 2.17. The van der Waals surface area contributed by atoms with Crippen molar-refractivity contribution in [2.45, 2.75) is 13.8 Å². The van der Waals surface area contributed by atoms with Crippen LogP contribution in [0.5, 0.6) is 0 Å². The second kappa shape index (κ2) is 3.81. The summed E-state index contributed by atoms with van der Waals surface area (Å²) in [5.41, 5.74) is 7.70. The van der Waals surface area contributed by atoms with E-state index in [-0.39, 0.29) is 23.3 Å². The predicted molar refractivity (Wildman–Crippen MR) is 58.7 cm³/mol. The zero-order valence-electron chi connectivity index (χ0n) is 8.84. The van der Waals surface area contributed by atoms with Crippen LogP contribution >= 0.6 is 0 Å². The predicted octanol–water partition coefficient (Wildman–Crippen LogP) is -0.379. The Hall–Kier alpha value is -2.09. The van der Waals surface area contributed by atoms with Crippen molar-refractivity contribution < 1.29 is 4.79 Å². The number of fused-ring (bicyclic) bond motifs is 1. The standard InChI is InChI=1S/C8H12N6O2/c1-3(2)6(15)10-8-9-5-4(7(16)11-8)12-14-13-5/h3,12,14H,1-2H3,(H3,9,10,11,13,15,16). The Balaban J connectivity index is 2.27. The maximum Gasteiger partial charge on any atom is 0.279 e. The van der Waals surface area contributed by atoms with Crippen LogP contribution in [0.25, 0.3) is 0 Å². The third kappa shape index (κ3) is 1.82. The first-order chi connectivity index (χ1) is 7.58. The molecular weight excluding hydrogens is 212 g/mol. The first-order valence-electron chi connectivity index (χ1n) is 4.80. The van der Waals surface area contributed by atoms with Crippen molar-refractivity contribution in [2.75, 3.05) is 16.2 Å². The van der Waals surface area contributed by atoms with Gasteiger partial charge in [0.2, 0.25) is 11.9 Å². The van der Waals surface area contributed by atoms with Crippen molar-refractivity contribution >= 4 is 23.4 Å². The minimum Gasteiger partial charge on any atom is -0.296 e. The fourth-order valence-corrected chi connectivity index (χ4v) is 1.15. The van der Waals surface area contributed by atoms with Crippen molar-refractivity contribution in [1.29, 1.82) is 0 Å². The van der Waals surface area contributed by atoms with E-state index in [1.54, 1.807) is 13.8 Å². The van der Waals surface area contributed by atoms with Crippen LogP contribution in [0.2, 0.25) is 0 Å². The number of hydrazine groups is 2. The Labute approximate surface area is 90.8 Å². The zero-order valence-corrected chi connectivity index (χ0v) is 8.84. The highest BCUT2D eigenvalue weighted by Crippen LogP contribution is 2.17. The number of hydrogen-bond acceptors (Lipinski definition) is 6. The number of carbonyl (C=O) groups is 1. The first-order valence-corrected chi connectivity index (χ1v) is 4.80. The van der Waals surface area contributed by atoms with Gasteiger partial charge in [0, 0.05) is 5.92 Å². The SMILES string of the molecule is CC(C)C(=O)Nc1nc2c(c(=O)[nH]1)NNN2. The van der Waals surface area contributed by atoms with Gasteiger partial charge >= 0.3 is 0 Å². The number of amides is 1. The third-order valence-corrected chi connectivity index (χ3v) is 2.05. The van der Waals surface area contributed by atoms with Gasteiger partial charge in [-0.05, 0) is 0 Å². The molecule has 0 spiro atoms. The molecule has 0 unspecified atom stereocenters. The monoisotopic (exact) mass is 224 g/mol. The van der Waals surface area contributed by atoms with E-state index >= 15 is 0 Å². The van der Waals surface area contributed by atoms with Crippen LogP contribution in [0.15, 0.2) is 4.79 Å². The highest BCUT2D eigenvalue weighted by molar-refractivity contribution is 5.90. The molecule has 0 saturated carbocycles. The van der Waals surface area contributed by atoms with Crippen LogP contribution in [0.1, 0.15) is 13.8 Å². The second-order valence-electron chi connectivity index (χ2n) is 3.66. The van der Waals surface area contributed by atoms with Crippen LogP contribution in [-0.4, -0.2) is 15.9 Å². The lowest BCUT2D eigenvalue weighted by Crippen LogP contribution is -2.22. The van der Waals surface area contributed by atoms with Gasteiger partial charge in [0.15, 0.2) is 11.5 Å². The summed E-state index contributed by atoms with van der Waals surface area (Å²) in [5, 5.41) is 2.51. The number of hydrogen-bond donors (Lipinski definition) is 5. The van der Waals surface area contributed by atoms with Gasteiger partial charge in [0.1, 0.15) is 0 Å². The molecule has 0 aliphatic carbocycles. The van der Waals surface area contributed by atoms with Crippen LogP contribution < -0.4 is 27.3 Å². The third-order valence-electron chi connectivity index (χ3n) is 2.05. The van der Waals surface area contributed by atoms with Gasteiger partial charge in [-0.25, -0.2) is 0 Å². The van der Waals surface area contributed by atoms with Crippen LogP contribution in [0.4, 0.5) is 17.5 Å². The van der Waals surface area contributed by atoms with Crippen molar-refractivity contribution in [3.05, 3.63) is 10.4 Å². The smallest absolute Gasteiger partial charge is 0.279 e. The van der Waals surface area contributed by atoms with Crippen molar-refractivity contribution in [3.63, 3.8) is 0 Å². The maximum absolute atomic E-state index is 11.5. The molecule has 1 aliphatic heterocycles. The summed E-state index contributed by atoms with van der Waals surface area (Å²) >= 11 is 0. The molecule has 0 fully saturated rings. The van der Waals surface area contributed by atoms with E-state index in [1.807, 2.05) is 0 Å². The minimum atomic E-state index is -0.360. The number of carbonyl (C=O) groups excluding carboxylic acids is 1. The number of anilines is 3. The topological polar surface area (TPSA) is 111 Å². The summed E-state index contributed by atoms with van der Waals surface area (Å²) in [4.78, 5) is 29.4. The lowest BCUT2D eigenvalue weighted by atomic mass is 10.2. The van der Waals surface area contributed by atoms with Crippen molar-refractivity contribution in [2.24, 2.45) is 5.92 Å². The fraction of sp³-hybridized carbons (Fsp3) is 0.375. The van der Waals surface area contributed by atoms with Gasteiger partial charge in [0.25, 0.3) is 5.56 Å². The Morgan fingerprint density at radius 2 is 2.12 bits per heavy atom. The molecule has 16 heavy (non-hydrogen) atoms. The summed E-state index contributed by atoms with van der Waals surface area (Å²) < 4.78 is 0. The molecule has 1 aromatic heterocycles. The second-order valence-corrected chi connectivity index (χ2v) is 3.66. The van der Waals surface area contributed by atoms with E-state index in [0.29, 0.717) is 11.5 Å². The molecule has 0 atom stereocenters. The van der Waals surface area contributed by atoms with Crippen molar-refractivity contribution in [1.82, 2.24) is 15.5 Å². The molecule has 1 amide bonds. The molecule has 5 N–H and O–H groups in total. The quantitative estimate of drug-likeness (QED) is 0.468. The van der Waals surface area contributed by atoms with Crippen LogP contribution in [0, 0.1) is 5.92 Å². The van der Waals surface area contributed by atoms with E-state index in [2.05, 4.69) is 31.7 Å². The Morgan fingerprint density at radius 1 is 1.38 bits per heavy atom. The van der Waals surface area contributed by atoms with Crippen LogP contribution in [0.3, 0.4) is 0 Å². The Morgan fingerprint density at radius 3 is 2.81 bits per heavy atom. The molecule has 8 heteroatoms. The van der Waals surface area contributed by atoms with E-state index in [9.17, 15) is 9.59 Å². The summed E-state index contributed by atoms with van der Waals surface area (Å²) in [6.07, 6.45) is 0.